The van der Waals surface area contributed by atoms with E-state index in [0.717, 1.165) is 6.54 Å². The molecule has 0 aliphatic rings. The van der Waals surface area contributed by atoms with Gasteiger partial charge in [0.05, 0.1) is 0 Å². The highest BCUT2D eigenvalue weighted by atomic mass is 14.9. The summed E-state index contributed by atoms with van der Waals surface area (Å²) in [5.74, 6) is 0. The van der Waals surface area contributed by atoms with Gasteiger partial charge >= 0.3 is 0 Å². The van der Waals surface area contributed by atoms with Crippen LogP contribution in [0.5, 0.6) is 0 Å². The van der Waals surface area contributed by atoms with Crippen molar-refractivity contribution in [3.05, 3.63) is 0 Å². The Kier molecular flexibility index (Phi) is 3.43. The molecule has 1 nitrogen and oxygen atoms in total. The second-order valence-electron chi connectivity index (χ2n) is 0.757. The quantitative estimate of drug-likeness (QED) is 0.326. The molecule has 0 aliphatic heterocycles. The second-order valence-corrected chi connectivity index (χ2v) is 0.757. The van der Waals surface area contributed by atoms with E-state index in [1.165, 1.54) is 0 Å². The van der Waals surface area contributed by atoms with Crippen molar-refractivity contribution < 1.29 is 0 Å². The van der Waals surface area contributed by atoms with Gasteiger partial charge in [0, 0.05) is 6.54 Å². The van der Waals surface area contributed by atoms with Gasteiger partial charge in [-0.3, -0.25) is 4.99 Å². The van der Waals surface area contributed by atoms with E-state index in [0.29, 0.717) is 0 Å². The standard InChI is InChI=1S/C4H9N/c1-3-5-4-2/h3H,4H2,1-2H3/i1+1,2+1,4+1. The highest BCUT2D eigenvalue weighted by Gasteiger charge is 1.51. The molecule has 0 saturated heterocycles. The van der Waals surface area contributed by atoms with Crippen molar-refractivity contribution in [2.24, 2.45) is 4.99 Å². The summed E-state index contributed by atoms with van der Waals surface area (Å²) in [6, 6.07) is 0. The van der Waals surface area contributed by atoms with E-state index < -0.39 is 0 Å². The summed E-state index contributed by atoms with van der Waals surface area (Å²) < 4.78 is 0. The van der Waals surface area contributed by atoms with E-state index in [9.17, 15) is 0 Å². The summed E-state index contributed by atoms with van der Waals surface area (Å²) in [4.78, 5) is 3.85. The molecular formula is C4H9N. The molecule has 0 fully saturated rings. The van der Waals surface area contributed by atoms with Crippen LogP contribution in [0.4, 0.5) is 0 Å². The minimum Gasteiger partial charge on any atom is -0.298 e. The third-order valence-corrected chi connectivity index (χ3v) is 0.365. The first kappa shape index (κ1) is 4.67. The average Bonchev–Trinajstić information content (AvgIpc) is 1.41. The van der Waals surface area contributed by atoms with Crippen LogP contribution >= 0.6 is 0 Å². The highest BCUT2D eigenvalue weighted by molar-refractivity contribution is 5.52. The molecule has 1 heteroatoms. The maximum atomic E-state index is 3.85. The molecule has 0 spiro atoms. The molecule has 0 aromatic heterocycles. The van der Waals surface area contributed by atoms with E-state index >= 15 is 0 Å². The van der Waals surface area contributed by atoms with E-state index in [1.54, 1.807) is 6.21 Å². The molecular weight excluding hydrogens is 65.0 g/mol. The molecule has 0 N–H and O–H groups in total. The fourth-order valence-corrected chi connectivity index (χ4v) is 0.183. The predicted molar refractivity (Wildman–Crippen MR) is 24.7 cm³/mol. The molecule has 0 aromatic carbocycles. The number of rotatable bonds is 1. The topological polar surface area (TPSA) is 12.4 Å². The van der Waals surface area contributed by atoms with Crippen molar-refractivity contribution in [2.45, 2.75) is 13.8 Å². The van der Waals surface area contributed by atoms with E-state index in [-0.39, 0.29) is 0 Å². The van der Waals surface area contributed by atoms with Gasteiger partial charge < -0.3 is 0 Å². The normalized spacial score (nSPS) is 10.0. The van der Waals surface area contributed by atoms with Gasteiger partial charge in [-0.05, 0) is 20.1 Å². The van der Waals surface area contributed by atoms with Gasteiger partial charge in [-0.2, -0.15) is 0 Å². The Bertz CT molecular complexity index is 30.6. The lowest BCUT2D eigenvalue weighted by atomic mass is 11.2. The maximum absolute atomic E-state index is 3.85. The van der Waals surface area contributed by atoms with Gasteiger partial charge in [0.1, 0.15) is 0 Å². The molecule has 30 valence electrons. The Morgan fingerprint density at radius 2 is 2.40 bits per heavy atom. The molecule has 0 aromatic rings. The highest BCUT2D eigenvalue weighted by Crippen LogP contribution is 1.57. The lowest BCUT2D eigenvalue weighted by Crippen LogP contribution is -1.62. The fraction of sp³-hybridized carbons (Fsp3) is 0.750. The van der Waals surface area contributed by atoms with Crippen molar-refractivity contribution in [1.82, 2.24) is 0 Å². The maximum Gasteiger partial charge on any atom is 0.0356 e. The van der Waals surface area contributed by atoms with Gasteiger partial charge in [0.25, 0.3) is 0 Å². The third kappa shape index (κ3) is 3.67. The molecule has 0 aliphatic carbocycles. The van der Waals surface area contributed by atoms with Crippen LogP contribution in [-0.2, 0) is 0 Å². The zero-order chi connectivity index (χ0) is 4.12. The second kappa shape index (κ2) is 3.67. The summed E-state index contributed by atoms with van der Waals surface area (Å²) >= 11 is 0. The molecule has 0 heterocycles. The van der Waals surface area contributed by atoms with Crippen molar-refractivity contribution in [3.8, 4) is 0 Å². The zero-order valence-corrected chi connectivity index (χ0v) is 3.73. The molecule has 0 radical (unpaired) electrons. The molecule has 0 amide bonds. The first-order valence-electron chi connectivity index (χ1n) is 1.86. The van der Waals surface area contributed by atoms with E-state index in [1.807, 2.05) is 13.8 Å². The van der Waals surface area contributed by atoms with Crippen LogP contribution in [0.15, 0.2) is 4.99 Å². The van der Waals surface area contributed by atoms with Gasteiger partial charge in [0.15, 0.2) is 0 Å². The molecule has 0 saturated carbocycles. The zero-order valence-electron chi connectivity index (χ0n) is 3.73. The van der Waals surface area contributed by atoms with Crippen molar-refractivity contribution in [2.75, 3.05) is 6.54 Å². The minimum atomic E-state index is 0.913. The number of nitrogens with zero attached hydrogens (tertiary/aromatic N) is 1. The third-order valence-electron chi connectivity index (χ3n) is 0.365. The smallest absolute Gasteiger partial charge is 0.0356 e. The Labute approximate surface area is 32.7 Å². The van der Waals surface area contributed by atoms with Crippen LogP contribution in [0.1, 0.15) is 13.8 Å². The Morgan fingerprint density at radius 3 is 2.40 bits per heavy atom. The summed E-state index contributed by atoms with van der Waals surface area (Å²) in [5.41, 5.74) is 0. The summed E-state index contributed by atoms with van der Waals surface area (Å²) in [7, 11) is 0. The average molecular weight is 74.1 g/mol. The first-order chi connectivity index (χ1) is 2.41. The van der Waals surface area contributed by atoms with Crippen LogP contribution in [-0.4, -0.2) is 12.8 Å². The number of aliphatic imine (C=N–C) groups is 1. The molecule has 5 heavy (non-hydrogen) atoms. The van der Waals surface area contributed by atoms with Gasteiger partial charge in [-0.15, -0.1) is 0 Å². The van der Waals surface area contributed by atoms with Gasteiger partial charge in [0.2, 0.25) is 0 Å². The summed E-state index contributed by atoms with van der Waals surface area (Å²) in [6.07, 6.45) is 1.81. The lowest BCUT2D eigenvalue weighted by molar-refractivity contribution is 1.14. The van der Waals surface area contributed by atoms with Crippen molar-refractivity contribution in [3.63, 3.8) is 0 Å². The summed E-state index contributed by atoms with van der Waals surface area (Å²) in [5, 5.41) is 0. The molecule has 0 atom stereocenters. The van der Waals surface area contributed by atoms with Crippen molar-refractivity contribution in [1.29, 1.82) is 0 Å². The van der Waals surface area contributed by atoms with Crippen LogP contribution in [0.25, 0.3) is 0 Å². The van der Waals surface area contributed by atoms with Crippen LogP contribution in [0.2, 0.25) is 0 Å². The Hall–Kier alpha value is -0.330. The fourth-order valence-electron chi connectivity index (χ4n) is 0.183. The Morgan fingerprint density at radius 1 is 1.80 bits per heavy atom. The largest absolute Gasteiger partial charge is 0.298 e. The Balaban J connectivity index is 2.62. The number of hydrogen-bond acceptors (Lipinski definition) is 1. The SMILES string of the molecule is [13CH3]C=N[13CH2][13CH3]. The van der Waals surface area contributed by atoms with Crippen LogP contribution < -0.4 is 0 Å². The molecule has 0 bridgehead atoms. The van der Waals surface area contributed by atoms with E-state index in [2.05, 4.69) is 4.99 Å². The van der Waals surface area contributed by atoms with Gasteiger partial charge in [-0.25, -0.2) is 0 Å². The van der Waals surface area contributed by atoms with Crippen LogP contribution in [0, 0.1) is 0 Å². The molecule has 0 rings (SSSR count). The predicted octanol–water partition coefficient (Wildman–Crippen LogP) is 1.10. The number of hydrogen-bond donors (Lipinski definition) is 0. The molecule has 0 unspecified atom stereocenters. The van der Waals surface area contributed by atoms with Crippen LogP contribution in [0.3, 0.4) is 0 Å². The monoisotopic (exact) mass is 74.1 g/mol. The summed E-state index contributed by atoms with van der Waals surface area (Å²) in [6.45, 7) is 4.85. The first-order valence-corrected chi connectivity index (χ1v) is 1.86. The van der Waals surface area contributed by atoms with E-state index in [4.69, 9.17) is 0 Å². The van der Waals surface area contributed by atoms with Gasteiger partial charge in [-0.1, -0.05) is 0 Å². The lowest BCUT2D eigenvalue weighted by Gasteiger charge is -1.68. The van der Waals surface area contributed by atoms with Crippen molar-refractivity contribution >= 4 is 6.21 Å². The minimum absolute atomic E-state index is 0.913.